The zero-order valence-electron chi connectivity index (χ0n) is 11.1. The van der Waals surface area contributed by atoms with Crippen molar-refractivity contribution < 1.29 is 4.74 Å². The lowest BCUT2D eigenvalue weighted by molar-refractivity contribution is 0.458. The van der Waals surface area contributed by atoms with Gasteiger partial charge in [0, 0.05) is 12.6 Å². The molecule has 20 heavy (non-hydrogen) atoms. The largest absolute Gasteiger partial charge is 0.437 e. The SMILES string of the molecule is CCCNCc1cnc(Oc2ccc(Cl)c(Cl)c2)cn1. The summed E-state index contributed by atoms with van der Waals surface area (Å²) in [7, 11) is 0. The van der Waals surface area contributed by atoms with Gasteiger partial charge in [0.15, 0.2) is 0 Å². The van der Waals surface area contributed by atoms with Crippen molar-refractivity contribution in [2.45, 2.75) is 19.9 Å². The molecule has 2 rings (SSSR count). The third-order valence-electron chi connectivity index (χ3n) is 2.53. The summed E-state index contributed by atoms with van der Waals surface area (Å²) in [6, 6.07) is 5.05. The third-order valence-corrected chi connectivity index (χ3v) is 3.27. The molecule has 0 aliphatic heterocycles. The molecule has 6 heteroatoms. The molecule has 0 unspecified atom stereocenters. The minimum atomic E-state index is 0.419. The molecule has 0 saturated heterocycles. The van der Waals surface area contributed by atoms with Gasteiger partial charge in [0.05, 0.1) is 28.1 Å². The topological polar surface area (TPSA) is 47.0 Å². The molecule has 1 N–H and O–H groups in total. The Kier molecular flexibility index (Phi) is 5.59. The highest BCUT2D eigenvalue weighted by Crippen LogP contribution is 2.28. The third kappa shape index (κ3) is 4.34. The second-order valence-electron chi connectivity index (χ2n) is 4.20. The Morgan fingerprint density at radius 2 is 2.00 bits per heavy atom. The van der Waals surface area contributed by atoms with Crippen LogP contribution >= 0.6 is 23.2 Å². The van der Waals surface area contributed by atoms with Gasteiger partial charge in [0.1, 0.15) is 5.75 Å². The molecule has 4 nitrogen and oxygen atoms in total. The molecule has 0 spiro atoms. The molecule has 0 atom stereocenters. The second kappa shape index (κ2) is 7.43. The number of aromatic nitrogens is 2. The number of hydrogen-bond donors (Lipinski definition) is 1. The van der Waals surface area contributed by atoms with Crippen LogP contribution in [0.15, 0.2) is 30.6 Å². The quantitative estimate of drug-likeness (QED) is 0.817. The lowest BCUT2D eigenvalue weighted by Gasteiger charge is -2.06. The van der Waals surface area contributed by atoms with Gasteiger partial charge in [0.2, 0.25) is 5.88 Å². The smallest absolute Gasteiger partial charge is 0.237 e. The Balaban J connectivity index is 1.97. The standard InChI is InChI=1S/C14H15Cl2N3O/c1-2-5-17-7-10-8-19-14(9-18-10)20-11-3-4-12(15)13(16)6-11/h3-4,6,8-9,17H,2,5,7H2,1H3. The molecule has 0 aliphatic rings. The van der Waals surface area contributed by atoms with Crippen LogP contribution in [-0.2, 0) is 6.54 Å². The summed E-state index contributed by atoms with van der Waals surface area (Å²) in [6.07, 6.45) is 4.37. The van der Waals surface area contributed by atoms with Gasteiger partial charge in [-0.2, -0.15) is 0 Å². The van der Waals surface area contributed by atoms with Crippen LogP contribution in [0.5, 0.6) is 11.6 Å². The van der Waals surface area contributed by atoms with Crippen molar-refractivity contribution in [3.8, 4) is 11.6 Å². The van der Waals surface area contributed by atoms with Crippen LogP contribution in [0.3, 0.4) is 0 Å². The van der Waals surface area contributed by atoms with Crippen LogP contribution in [0, 0.1) is 0 Å². The highest BCUT2D eigenvalue weighted by atomic mass is 35.5. The molecule has 0 radical (unpaired) electrons. The van der Waals surface area contributed by atoms with Gasteiger partial charge in [-0.05, 0) is 25.1 Å². The van der Waals surface area contributed by atoms with E-state index in [1.54, 1.807) is 30.6 Å². The number of halogens is 2. The fraction of sp³-hybridized carbons (Fsp3) is 0.286. The van der Waals surface area contributed by atoms with E-state index in [4.69, 9.17) is 27.9 Å². The van der Waals surface area contributed by atoms with Crippen molar-refractivity contribution in [2.75, 3.05) is 6.54 Å². The average molecular weight is 312 g/mol. The van der Waals surface area contributed by atoms with Crippen molar-refractivity contribution in [1.82, 2.24) is 15.3 Å². The number of nitrogens with zero attached hydrogens (tertiary/aromatic N) is 2. The van der Waals surface area contributed by atoms with Crippen molar-refractivity contribution in [3.63, 3.8) is 0 Å². The summed E-state index contributed by atoms with van der Waals surface area (Å²) < 4.78 is 5.56. The van der Waals surface area contributed by atoms with Gasteiger partial charge in [-0.15, -0.1) is 0 Å². The number of ether oxygens (including phenoxy) is 1. The number of nitrogens with one attached hydrogen (secondary N) is 1. The maximum atomic E-state index is 5.92. The molecule has 2 aromatic rings. The Labute approximate surface area is 128 Å². The molecule has 0 aliphatic carbocycles. The van der Waals surface area contributed by atoms with Gasteiger partial charge >= 0.3 is 0 Å². The molecule has 0 bridgehead atoms. The van der Waals surface area contributed by atoms with Crippen LogP contribution in [0.2, 0.25) is 10.0 Å². The van der Waals surface area contributed by atoms with Gasteiger partial charge in [-0.3, -0.25) is 4.98 Å². The molecule has 1 aromatic carbocycles. The highest BCUT2D eigenvalue weighted by molar-refractivity contribution is 6.42. The zero-order chi connectivity index (χ0) is 14.4. The normalized spacial score (nSPS) is 10.6. The van der Waals surface area contributed by atoms with Gasteiger partial charge in [-0.25, -0.2) is 4.98 Å². The Hall–Kier alpha value is -1.36. The molecule has 1 aromatic heterocycles. The van der Waals surface area contributed by atoms with Crippen LogP contribution in [0.1, 0.15) is 19.0 Å². The van der Waals surface area contributed by atoms with Crippen molar-refractivity contribution in [3.05, 3.63) is 46.3 Å². The van der Waals surface area contributed by atoms with E-state index < -0.39 is 0 Å². The lowest BCUT2D eigenvalue weighted by Crippen LogP contribution is -2.14. The molecular weight excluding hydrogens is 297 g/mol. The van der Waals surface area contributed by atoms with Crippen molar-refractivity contribution in [2.24, 2.45) is 0 Å². The number of benzene rings is 1. The monoisotopic (exact) mass is 311 g/mol. The minimum Gasteiger partial charge on any atom is -0.437 e. The van der Waals surface area contributed by atoms with E-state index in [1.165, 1.54) is 0 Å². The fourth-order valence-electron chi connectivity index (χ4n) is 1.54. The summed E-state index contributed by atoms with van der Waals surface area (Å²) >= 11 is 11.8. The van der Waals surface area contributed by atoms with Gasteiger partial charge in [-0.1, -0.05) is 30.1 Å². The summed E-state index contributed by atoms with van der Waals surface area (Å²) in [5, 5.41) is 4.19. The summed E-state index contributed by atoms with van der Waals surface area (Å²) in [6.45, 7) is 3.78. The Bertz CT molecular complexity index is 561. The predicted octanol–water partition coefficient (Wildman–Crippen LogP) is 4.08. The lowest BCUT2D eigenvalue weighted by atomic mass is 10.3. The molecular formula is C14H15Cl2N3O. The van der Waals surface area contributed by atoms with Crippen molar-refractivity contribution in [1.29, 1.82) is 0 Å². The first-order chi connectivity index (χ1) is 9.69. The first-order valence-corrected chi connectivity index (χ1v) is 7.09. The highest BCUT2D eigenvalue weighted by Gasteiger charge is 2.03. The van der Waals surface area contributed by atoms with Crippen LogP contribution in [0.4, 0.5) is 0 Å². The fourth-order valence-corrected chi connectivity index (χ4v) is 1.83. The van der Waals surface area contributed by atoms with Gasteiger partial charge in [0.25, 0.3) is 0 Å². The number of rotatable bonds is 6. The van der Waals surface area contributed by atoms with Crippen molar-refractivity contribution >= 4 is 23.2 Å². The molecule has 0 saturated carbocycles. The molecule has 0 fully saturated rings. The Morgan fingerprint density at radius 3 is 2.65 bits per heavy atom. The maximum absolute atomic E-state index is 5.92. The summed E-state index contributed by atoms with van der Waals surface area (Å²) in [5.41, 5.74) is 0.875. The number of hydrogen-bond acceptors (Lipinski definition) is 4. The van der Waals surface area contributed by atoms with E-state index >= 15 is 0 Å². The van der Waals surface area contributed by atoms with Crippen LogP contribution in [0.25, 0.3) is 0 Å². The van der Waals surface area contributed by atoms with Crippen LogP contribution in [-0.4, -0.2) is 16.5 Å². The molecule has 1 heterocycles. The van der Waals surface area contributed by atoms with E-state index in [9.17, 15) is 0 Å². The summed E-state index contributed by atoms with van der Waals surface area (Å²) in [4.78, 5) is 8.48. The predicted molar refractivity (Wildman–Crippen MR) is 80.6 cm³/mol. The van der Waals surface area contributed by atoms with E-state index in [2.05, 4.69) is 22.2 Å². The van der Waals surface area contributed by atoms with E-state index in [-0.39, 0.29) is 0 Å². The summed E-state index contributed by atoms with van der Waals surface area (Å²) in [5.74, 6) is 0.994. The maximum Gasteiger partial charge on any atom is 0.237 e. The van der Waals surface area contributed by atoms with Crippen LogP contribution < -0.4 is 10.1 Å². The van der Waals surface area contributed by atoms with E-state index in [1.807, 2.05) is 0 Å². The minimum absolute atomic E-state index is 0.419. The second-order valence-corrected chi connectivity index (χ2v) is 5.02. The van der Waals surface area contributed by atoms with E-state index in [0.717, 1.165) is 18.7 Å². The Morgan fingerprint density at radius 1 is 1.15 bits per heavy atom. The average Bonchev–Trinajstić information content (AvgIpc) is 2.45. The van der Waals surface area contributed by atoms with Gasteiger partial charge < -0.3 is 10.1 Å². The zero-order valence-corrected chi connectivity index (χ0v) is 12.6. The molecule has 106 valence electrons. The molecule has 0 amide bonds. The van der Waals surface area contributed by atoms with E-state index in [0.29, 0.717) is 28.2 Å². The first-order valence-electron chi connectivity index (χ1n) is 6.33. The first kappa shape index (κ1) is 15.0.